The Hall–Kier alpha value is -1.90. The Morgan fingerprint density at radius 1 is 0.806 bits per heavy atom. The van der Waals surface area contributed by atoms with Crippen LogP contribution < -0.4 is 4.72 Å². The number of rotatable bonds is 9. The number of anilines is 1. The Morgan fingerprint density at radius 2 is 1.26 bits per heavy atom. The van der Waals surface area contributed by atoms with E-state index in [0.717, 1.165) is 5.56 Å². The number of hydrogen-bond acceptors (Lipinski definition) is 4. The molecule has 6 nitrogen and oxygen atoms in total. The fraction of sp³-hybridized carbons (Fsp3) is 0.478. The van der Waals surface area contributed by atoms with E-state index in [1.807, 2.05) is 46.8 Å². The maximum absolute atomic E-state index is 13.1. The monoisotopic (exact) mass is 466 g/mol. The number of aryl methyl sites for hydroxylation is 3. The highest BCUT2D eigenvalue weighted by Crippen LogP contribution is 2.26. The van der Waals surface area contributed by atoms with Crippen LogP contribution in [-0.4, -0.2) is 34.2 Å². The Labute approximate surface area is 187 Å². The van der Waals surface area contributed by atoms with Crippen molar-refractivity contribution >= 4 is 25.7 Å². The van der Waals surface area contributed by atoms with E-state index in [4.69, 9.17) is 0 Å². The molecule has 0 heterocycles. The average Bonchev–Trinajstić information content (AvgIpc) is 2.59. The lowest BCUT2D eigenvalue weighted by molar-refractivity contribution is 0.333. The normalized spacial score (nSPS) is 12.7. The van der Waals surface area contributed by atoms with Crippen molar-refractivity contribution in [1.29, 1.82) is 0 Å². The van der Waals surface area contributed by atoms with Crippen LogP contribution >= 0.6 is 0 Å². The predicted molar refractivity (Wildman–Crippen MR) is 126 cm³/mol. The van der Waals surface area contributed by atoms with Crippen LogP contribution in [0.2, 0.25) is 0 Å². The zero-order valence-corrected chi connectivity index (χ0v) is 21.1. The van der Waals surface area contributed by atoms with Gasteiger partial charge in [0.1, 0.15) is 0 Å². The summed E-state index contributed by atoms with van der Waals surface area (Å²) in [6.07, 6.45) is 0. The van der Waals surface area contributed by atoms with Crippen molar-refractivity contribution in [1.82, 2.24) is 4.31 Å². The van der Waals surface area contributed by atoms with Gasteiger partial charge in [-0.25, -0.2) is 16.8 Å². The fourth-order valence-corrected chi connectivity index (χ4v) is 7.01. The number of nitrogens with one attached hydrogen (secondary N) is 1. The molecule has 2 aromatic rings. The summed E-state index contributed by atoms with van der Waals surface area (Å²) in [5, 5.41) is 0. The first-order valence-electron chi connectivity index (χ1n) is 10.4. The maximum Gasteiger partial charge on any atom is 0.262 e. The van der Waals surface area contributed by atoms with Gasteiger partial charge in [0, 0.05) is 18.8 Å². The summed E-state index contributed by atoms with van der Waals surface area (Å²) >= 11 is 0. The highest BCUT2D eigenvalue weighted by atomic mass is 32.2. The summed E-state index contributed by atoms with van der Waals surface area (Å²) in [5.41, 5.74) is 2.65. The minimum Gasteiger partial charge on any atom is -0.280 e. The predicted octanol–water partition coefficient (Wildman–Crippen LogP) is 4.72. The third-order valence-electron chi connectivity index (χ3n) is 4.76. The van der Waals surface area contributed by atoms with Crippen LogP contribution in [-0.2, 0) is 20.0 Å². The quantitative estimate of drug-likeness (QED) is 0.580. The smallest absolute Gasteiger partial charge is 0.262 e. The zero-order chi connectivity index (χ0) is 23.6. The maximum atomic E-state index is 13.1. The van der Waals surface area contributed by atoms with E-state index in [2.05, 4.69) is 4.72 Å². The van der Waals surface area contributed by atoms with E-state index in [1.165, 1.54) is 28.6 Å². The van der Waals surface area contributed by atoms with Crippen LogP contribution in [0.1, 0.15) is 44.4 Å². The molecule has 1 N–H and O–H groups in total. The molecule has 8 heteroatoms. The second-order valence-corrected chi connectivity index (χ2v) is 12.5. The van der Waals surface area contributed by atoms with E-state index in [9.17, 15) is 16.8 Å². The van der Waals surface area contributed by atoms with E-state index in [-0.39, 0.29) is 21.6 Å². The molecule has 0 bridgehead atoms. The van der Waals surface area contributed by atoms with Crippen molar-refractivity contribution < 1.29 is 16.8 Å². The van der Waals surface area contributed by atoms with Crippen molar-refractivity contribution in [3.63, 3.8) is 0 Å². The van der Waals surface area contributed by atoms with Gasteiger partial charge in [-0.15, -0.1) is 0 Å². The molecule has 0 aromatic heterocycles. The van der Waals surface area contributed by atoms with Crippen LogP contribution in [0.25, 0.3) is 0 Å². The molecule has 2 rings (SSSR count). The standard InChI is InChI=1S/C23H34N2O4S2/c1-16(2)14-25(15-17(3)4)31(28,29)22-10-8-21(9-11-22)24-30(26,27)23-19(6)12-18(5)13-20(23)7/h8-13,16-17,24H,14-15H2,1-7H3. The number of sulfonamides is 2. The molecule has 0 saturated heterocycles. The lowest BCUT2D eigenvalue weighted by Gasteiger charge is -2.25. The van der Waals surface area contributed by atoms with E-state index < -0.39 is 20.0 Å². The third-order valence-corrected chi connectivity index (χ3v) is 8.29. The van der Waals surface area contributed by atoms with E-state index in [1.54, 1.807) is 13.8 Å². The summed E-state index contributed by atoms with van der Waals surface area (Å²) in [7, 11) is -7.46. The summed E-state index contributed by atoms with van der Waals surface area (Å²) in [6.45, 7) is 14.2. The van der Waals surface area contributed by atoms with Gasteiger partial charge in [0.25, 0.3) is 10.0 Å². The molecule has 172 valence electrons. The summed E-state index contributed by atoms with van der Waals surface area (Å²) in [6, 6.07) is 9.55. The molecule has 0 aliphatic heterocycles. The first kappa shape index (κ1) is 25.4. The molecule has 0 unspecified atom stereocenters. The number of nitrogens with zero attached hydrogens (tertiary/aromatic N) is 1. The lowest BCUT2D eigenvalue weighted by Crippen LogP contribution is -2.37. The molecule has 31 heavy (non-hydrogen) atoms. The van der Waals surface area contributed by atoms with Gasteiger partial charge in [0.2, 0.25) is 10.0 Å². The molecular weight excluding hydrogens is 432 g/mol. The molecule has 2 aromatic carbocycles. The third kappa shape index (κ3) is 6.30. The van der Waals surface area contributed by atoms with Crippen LogP contribution in [0, 0.1) is 32.6 Å². The van der Waals surface area contributed by atoms with Crippen LogP contribution in [0.4, 0.5) is 5.69 Å². The zero-order valence-electron chi connectivity index (χ0n) is 19.4. The molecule has 0 aliphatic rings. The van der Waals surface area contributed by atoms with Gasteiger partial charge in [-0.3, -0.25) is 4.72 Å². The van der Waals surface area contributed by atoms with Crippen molar-refractivity contribution in [2.24, 2.45) is 11.8 Å². The van der Waals surface area contributed by atoms with Gasteiger partial charge in [-0.05, 0) is 68.0 Å². The van der Waals surface area contributed by atoms with Crippen LogP contribution in [0.3, 0.4) is 0 Å². The minimum atomic E-state index is -3.80. The van der Waals surface area contributed by atoms with E-state index in [0.29, 0.717) is 29.9 Å². The topological polar surface area (TPSA) is 83.5 Å². The van der Waals surface area contributed by atoms with Gasteiger partial charge >= 0.3 is 0 Å². The van der Waals surface area contributed by atoms with Crippen LogP contribution in [0.5, 0.6) is 0 Å². The lowest BCUT2D eigenvalue weighted by atomic mass is 10.1. The highest BCUT2D eigenvalue weighted by Gasteiger charge is 2.26. The summed E-state index contributed by atoms with van der Waals surface area (Å²) in [5.74, 6) is 0.390. The second-order valence-electron chi connectivity index (χ2n) is 8.97. The van der Waals surface area contributed by atoms with Gasteiger partial charge in [0.05, 0.1) is 9.79 Å². The highest BCUT2D eigenvalue weighted by molar-refractivity contribution is 7.92. The molecule has 0 amide bonds. The molecule has 0 spiro atoms. The summed E-state index contributed by atoms with van der Waals surface area (Å²) in [4.78, 5) is 0.397. The fourth-order valence-electron chi connectivity index (χ4n) is 3.73. The van der Waals surface area contributed by atoms with Crippen molar-refractivity contribution in [2.45, 2.75) is 58.3 Å². The Kier molecular flexibility index (Phi) is 7.94. The van der Waals surface area contributed by atoms with Crippen molar-refractivity contribution in [3.05, 3.63) is 53.1 Å². The molecule has 0 aliphatic carbocycles. The average molecular weight is 467 g/mol. The second kappa shape index (κ2) is 9.71. The first-order valence-corrected chi connectivity index (χ1v) is 13.4. The van der Waals surface area contributed by atoms with Crippen molar-refractivity contribution in [3.8, 4) is 0 Å². The Balaban J connectivity index is 2.32. The SMILES string of the molecule is Cc1cc(C)c(S(=O)(=O)Nc2ccc(S(=O)(=O)N(CC(C)C)CC(C)C)cc2)c(C)c1. The Bertz CT molecular complexity index is 1090. The molecule has 0 fully saturated rings. The molecular formula is C23H34N2O4S2. The largest absolute Gasteiger partial charge is 0.280 e. The number of hydrogen-bond donors (Lipinski definition) is 1. The van der Waals surface area contributed by atoms with E-state index >= 15 is 0 Å². The first-order chi connectivity index (χ1) is 14.2. The van der Waals surface area contributed by atoms with Gasteiger partial charge in [-0.1, -0.05) is 45.4 Å². The number of benzene rings is 2. The van der Waals surface area contributed by atoms with Crippen LogP contribution in [0.15, 0.2) is 46.2 Å². The van der Waals surface area contributed by atoms with Gasteiger partial charge < -0.3 is 0 Å². The molecule has 0 radical (unpaired) electrons. The Morgan fingerprint density at radius 3 is 1.68 bits per heavy atom. The minimum absolute atomic E-state index is 0.152. The molecule has 0 atom stereocenters. The van der Waals surface area contributed by atoms with Gasteiger partial charge in [-0.2, -0.15) is 4.31 Å². The molecule has 0 saturated carbocycles. The van der Waals surface area contributed by atoms with Gasteiger partial charge in [0.15, 0.2) is 0 Å². The summed E-state index contributed by atoms with van der Waals surface area (Å²) < 4.78 is 56.2. The van der Waals surface area contributed by atoms with Crippen molar-refractivity contribution in [2.75, 3.05) is 17.8 Å².